The highest BCUT2D eigenvalue weighted by Gasteiger charge is 2.19. The summed E-state index contributed by atoms with van der Waals surface area (Å²) < 4.78 is 28.3. The number of nitrogens with two attached hydrogens (primary N) is 1. The molecule has 0 saturated carbocycles. The molecule has 0 aromatic heterocycles. The minimum Gasteiger partial charge on any atom is -0.320 e. The first-order valence-corrected chi connectivity index (χ1v) is 7.81. The number of benzene rings is 2. The molecule has 0 aliphatic rings. The van der Waals surface area contributed by atoms with Gasteiger partial charge < -0.3 is 5.73 Å². The fourth-order valence-corrected chi connectivity index (χ4v) is 2.69. The molecule has 1 nitrogen and oxygen atoms in total. The van der Waals surface area contributed by atoms with E-state index in [2.05, 4.69) is 22.9 Å². The third-order valence-corrected chi connectivity index (χ3v) is 3.97. The molecule has 0 bridgehead atoms. The summed E-state index contributed by atoms with van der Waals surface area (Å²) in [5, 5.41) is 0. The van der Waals surface area contributed by atoms with Gasteiger partial charge in [-0.05, 0) is 36.1 Å². The van der Waals surface area contributed by atoms with Crippen molar-refractivity contribution in [2.75, 3.05) is 0 Å². The van der Waals surface area contributed by atoms with Crippen LogP contribution in [0.2, 0.25) is 0 Å². The normalized spacial score (nSPS) is 12.4. The molecule has 21 heavy (non-hydrogen) atoms. The molecule has 0 aliphatic carbocycles. The van der Waals surface area contributed by atoms with Gasteiger partial charge in [0.15, 0.2) is 0 Å². The van der Waals surface area contributed by atoms with Gasteiger partial charge in [-0.1, -0.05) is 53.5 Å². The summed E-state index contributed by atoms with van der Waals surface area (Å²) in [5.41, 5.74) is 7.84. The fourth-order valence-electron chi connectivity index (χ4n) is 2.29. The second kappa shape index (κ2) is 7.14. The zero-order chi connectivity index (χ0) is 15.4. The molecule has 4 heteroatoms. The first-order chi connectivity index (χ1) is 10.0. The van der Waals surface area contributed by atoms with E-state index in [1.165, 1.54) is 17.7 Å². The van der Waals surface area contributed by atoms with Crippen LogP contribution >= 0.6 is 15.9 Å². The molecule has 2 aromatic rings. The Bertz CT molecular complexity index is 588. The predicted molar refractivity (Wildman–Crippen MR) is 85.1 cm³/mol. The highest BCUT2D eigenvalue weighted by Crippen LogP contribution is 2.28. The minimum absolute atomic E-state index is 0.0977. The zero-order valence-corrected chi connectivity index (χ0v) is 13.5. The minimum atomic E-state index is -0.807. The zero-order valence-electron chi connectivity index (χ0n) is 11.9. The maximum atomic E-state index is 13.9. The van der Waals surface area contributed by atoms with Crippen LogP contribution < -0.4 is 5.73 Å². The maximum absolute atomic E-state index is 13.9. The maximum Gasteiger partial charge on any atom is 0.132 e. The molecule has 0 fully saturated rings. The van der Waals surface area contributed by atoms with Crippen molar-refractivity contribution in [3.8, 4) is 0 Å². The van der Waals surface area contributed by atoms with Crippen LogP contribution in [0.3, 0.4) is 0 Å². The van der Waals surface area contributed by atoms with Crippen LogP contribution in [0, 0.1) is 11.6 Å². The van der Waals surface area contributed by atoms with E-state index in [1.54, 1.807) is 0 Å². The van der Waals surface area contributed by atoms with Crippen LogP contribution in [0.15, 0.2) is 40.9 Å². The molecule has 0 aliphatic heterocycles. The monoisotopic (exact) mass is 353 g/mol. The molecule has 1 atom stereocenters. The molecule has 0 radical (unpaired) electrons. The predicted octanol–water partition coefficient (Wildman–Crippen LogP) is 5.12. The quantitative estimate of drug-likeness (QED) is 0.793. The van der Waals surface area contributed by atoms with E-state index in [1.807, 2.05) is 24.3 Å². The summed E-state index contributed by atoms with van der Waals surface area (Å²) in [6.07, 6.45) is 3.27. The van der Waals surface area contributed by atoms with Crippen LogP contribution in [0.4, 0.5) is 8.78 Å². The van der Waals surface area contributed by atoms with E-state index >= 15 is 0 Å². The molecule has 0 saturated heterocycles. The summed E-state index contributed by atoms with van der Waals surface area (Å²) in [6, 6.07) is 9.28. The summed E-state index contributed by atoms with van der Waals surface area (Å²) >= 11 is 3.07. The molecule has 0 spiro atoms. The molecule has 1 unspecified atom stereocenters. The number of rotatable bonds is 5. The first-order valence-electron chi connectivity index (χ1n) is 7.01. The van der Waals surface area contributed by atoms with Gasteiger partial charge in [0.1, 0.15) is 11.6 Å². The summed E-state index contributed by atoms with van der Waals surface area (Å²) in [6.45, 7) is 2.14. The van der Waals surface area contributed by atoms with Gasteiger partial charge in [0.05, 0.1) is 6.04 Å². The lowest BCUT2D eigenvalue weighted by molar-refractivity contribution is 0.542. The van der Waals surface area contributed by atoms with Gasteiger partial charge in [0.25, 0.3) is 0 Å². The molecule has 2 aromatic carbocycles. The smallest absolute Gasteiger partial charge is 0.132 e. The molecule has 2 rings (SSSR count). The summed E-state index contributed by atoms with van der Waals surface area (Å²) in [4.78, 5) is 0. The standard InChI is InChI=1S/C17H18BrF2N/c1-2-3-4-11-5-7-12(8-6-11)17(21)16-14(19)9-13(18)10-15(16)20/h5-10,17H,2-4,21H2,1H3. The van der Waals surface area contributed by atoms with Crippen molar-refractivity contribution in [1.29, 1.82) is 0 Å². The van der Waals surface area contributed by atoms with Gasteiger partial charge in [-0.25, -0.2) is 8.78 Å². The van der Waals surface area contributed by atoms with Crippen molar-refractivity contribution >= 4 is 15.9 Å². The molecule has 0 amide bonds. The molecule has 2 N–H and O–H groups in total. The SMILES string of the molecule is CCCCc1ccc(C(N)c2c(F)cc(Br)cc2F)cc1. The van der Waals surface area contributed by atoms with Gasteiger partial charge in [-0.2, -0.15) is 0 Å². The van der Waals surface area contributed by atoms with E-state index in [9.17, 15) is 8.78 Å². The first kappa shape index (κ1) is 16.1. The highest BCUT2D eigenvalue weighted by molar-refractivity contribution is 9.10. The lowest BCUT2D eigenvalue weighted by atomic mass is 9.97. The van der Waals surface area contributed by atoms with E-state index in [0.29, 0.717) is 10.0 Å². The van der Waals surface area contributed by atoms with Crippen LogP contribution in [-0.4, -0.2) is 0 Å². The third-order valence-electron chi connectivity index (χ3n) is 3.51. The Labute approximate surface area is 132 Å². The number of aryl methyl sites for hydroxylation is 1. The van der Waals surface area contributed by atoms with E-state index in [0.717, 1.165) is 19.3 Å². The topological polar surface area (TPSA) is 26.0 Å². The average molecular weight is 354 g/mol. The van der Waals surface area contributed by atoms with Crippen LogP contribution in [-0.2, 0) is 6.42 Å². The van der Waals surface area contributed by atoms with Crippen molar-refractivity contribution in [2.24, 2.45) is 5.73 Å². The van der Waals surface area contributed by atoms with E-state index in [-0.39, 0.29) is 5.56 Å². The van der Waals surface area contributed by atoms with Crippen LogP contribution in [0.5, 0.6) is 0 Å². The van der Waals surface area contributed by atoms with Crippen LogP contribution in [0.1, 0.15) is 42.5 Å². The fraction of sp³-hybridized carbons (Fsp3) is 0.294. The Morgan fingerprint density at radius 3 is 2.19 bits per heavy atom. The lowest BCUT2D eigenvalue weighted by Crippen LogP contribution is -2.15. The highest BCUT2D eigenvalue weighted by atomic mass is 79.9. The summed E-state index contributed by atoms with van der Waals surface area (Å²) in [5.74, 6) is -1.27. The average Bonchev–Trinajstić information content (AvgIpc) is 2.44. The lowest BCUT2D eigenvalue weighted by Gasteiger charge is -2.15. The van der Waals surface area contributed by atoms with Gasteiger partial charge in [-0.15, -0.1) is 0 Å². The Balaban J connectivity index is 2.26. The Morgan fingerprint density at radius 1 is 1.10 bits per heavy atom. The number of hydrogen-bond acceptors (Lipinski definition) is 1. The van der Waals surface area contributed by atoms with Crippen molar-refractivity contribution in [3.63, 3.8) is 0 Å². The van der Waals surface area contributed by atoms with Gasteiger partial charge >= 0.3 is 0 Å². The van der Waals surface area contributed by atoms with Gasteiger partial charge in [0.2, 0.25) is 0 Å². The van der Waals surface area contributed by atoms with Crippen molar-refractivity contribution in [1.82, 2.24) is 0 Å². The molecular weight excluding hydrogens is 336 g/mol. The number of unbranched alkanes of at least 4 members (excludes halogenated alkanes) is 1. The second-order valence-electron chi connectivity index (χ2n) is 5.11. The Hall–Kier alpha value is -1.26. The number of hydrogen-bond donors (Lipinski definition) is 1. The van der Waals surface area contributed by atoms with Crippen molar-refractivity contribution < 1.29 is 8.78 Å². The largest absolute Gasteiger partial charge is 0.320 e. The van der Waals surface area contributed by atoms with Gasteiger partial charge in [0, 0.05) is 10.0 Å². The van der Waals surface area contributed by atoms with Crippen LogP contribution in [0.25, 0.3) is 0 Å². The van der Waals surface area contributed by atoms with Gasteiger partial charge in [-0.3, -0.25) is 0 Å². The molecule has 112 valence electrons. The van der Waals surface area contributed by atoms with E-state index in [4.69, 9.17) is 5.73 Å². The third kappa shape index (κ3) is 3.89. The Morgan fingerprint density at radius 2 is 1.67 bits per heavy atom. The number of halogens is 3. The molecule has 0 heterocycles. The molecular formula is C17H18BrF2N. The van der Waals surface area contributed by atoms with Crippen molar-refractivity contribution in [3.05, 3.63) is 69.2 Å². The summed E-state index contributed by atoms with van der Waals surface area (Å²) in [7, 11) is 0. The second-order valence-corrected chi connectivity index (χ2v) is 6.02. The van der Waals surface area contributed by atoms with E-state index < -0.39 is 17.7 Å². The Kier molecular flexibility index (Phi) is 5.48. The van der Waals surface area contributed by atoms with Crippen molar-refractivity contribution in [2.45, 2.75) is 32.2 Å².